The number of aromatic nitrogens is 1. The summed E-state index contributed by atoms with van der Waals surface area (Å²) in [5.41, 5.74) is 13.6. The van der Waals surface area contributed by atoms with Crippen molar-refractivity contribution >= 4 is 35.3 Å². The largest absolute Gasteiger partial charge is 0.404 e. The van der Waals surface area contributed by atoms with Crippen molar-refractivity contribution in [2.24, 2.45) is 22.4 Å². The van der Waals surface area contributed by atoms with Gasteiger partial charge in [0.15, 0.2) is 0 Å². The maximum atomic E-state index is 13.1. The molecule has 0 radical (unpaired) electrons. The van der Waals surface area contributed by atoms with Crippen molar-refractivity contribution in [3.05, 3.63) is 65.6 Å². The van der Waals surface area contributed by atoms with Gasteiger partial charge in [-0.3, -0.25) is 24.4 Å². The second kappa shape index (κ2) is 10.5. The number of nitrogens with two attached hydrogens (primary N) is 2. The van der Waals surface area contributed by atoms with Crippen LogP contribution in [0.1, 0.15) is 48.7 Å². The predicted octanol–water partition coefficient (Wildman–Crippen LogP) is 2.68. The van der Waals surface area contributed by atoms with E-state index in [1.165, 1.54) is 24.7 Å². The molecule has 1 aromatic carbocycles. The van der Waals surface area contributed by atoms with E-state index in [4.69, 9.17) is 11.5 Å². The van der Waals surface area contributed by atoms with Crippen LogP contribution in [-0.4, -0.2) is 40.4 Å². The number of rotatable bonds is 5. The van der Waals surface area contributed by atoms with E-state index in [9.17, 15) is 14.4 Å². The molecule has 33 heavy (non-hydrogen) atoms. The Morgan fingerprint density at radius 1 is 1.18 bits per heavy atom. The predicted molar refractivity (Wildman–Crippen MR) is 127 cm³/mol. The SMILES string of the molecule is CC(C=Nc1ccc([C@@H]2CC[C@@H](C)CN2C(=O)C(=O)Nc2cncc(C(N)=O)c2)cc1)=CN. The van der Waals surface area contributed by atoms with Gasteiger partial charge in [-0.25, -0.2) is 0 Å². The molecule has 1 aliphatic heterocycles. The van der Waals surface area contributed by atoms with Crippen LogP contribution in [0.5, 0.6) is 0 Å². The minimum Gasteiger partial charge on any atom is -0.404 e. The lowest BCUT2D eigenvalue weighted by atomic mass is 9.89. The van der Waals surface area contributed by atoms with Crippen LogP contribution in [0.3, 0.4) is 0 Å². The summed E-state index contributed by atoms with van der Waals surface area (Å²) in [6.07, 6.45) is 7.51. The number of piperidine rings is 1. The standard InChI is InChI=1S/C24H28N6O3/c1-15-3-8-21(17-4-6-19(7-5-17)28-11-16(2)10-25)30(14-15)24(33)23(32)29-20-9-18(22(26)31)12-27-13-20/h4-7,9-13,15,21H,3,8,14,25H2,1-2H3,(H2,26,31)(H,29,32)/t15-,21+/m1/s1. The summed E-state index contributed by atoms with van der Waals surface area (Å²) < 4.78 is 0. The van der Waals surface area contributed by atoms with Crippen molar-refractivity contribution in [3.8, 4) is 0 Å². The molecule has 1 aromatic heterocycles. The fourth-order valence-electron chi connectivity index (χ4n) is 3.68. The Bertz CT molecular complexity index is 1090. The van der Waals surface area contributed by atoms with Gasteiger partial charge in [0.05, 0.1) is 29.2 Å². The highest BCUT2D eigenvalue weighted by Gasteiger charge is 2.34. The maximum absolute atomic E-state index is 13.1. The molecule has 1 aliphatic rings. The molecule has 2 atom stereocenters. The molecule has 2 heterocycles. The molecule has 3 rings (SSSR count). The number of allylic oxidation sites excluding steroid dienone is 1. The number of aliphatic imine (C=N–C) groups is 1. The van der Waals surface area contributed by atoms with E-state index in [1.807, 2.05) is 31.2 Å². The van der Waals surface area contributed by atoms with Crippen LogP contribution < -0.4 is 16.8 Å². The Balaban J connectivity index is 1.77. The molecular formula is C24H28N6O3. The first-order chi connectivity index (χ1) is 15.8. The van der Waals surface area contributed by atoms with Gasteiger partial charge < -0.3 is 21.7 Å². The molecular weight excluding hydrogens is 420 g/mol. The average Bonchev–Trinajstić information content (AvgIpc) is 2.82. The van der Waals surface area contributed by atoms with Crippen LogP contribution in [0.25, 0.3) is 0 Å². The highest BCUT2D eigenvalue weighted by molar-refractivity contribution is 6.39. The number of anilines is 1. The molecule has 2 aromatic rings. The summed E-state index contributed by atoms with van der Waals surface area (Å²) in [7, 11) is 0. The number of hydrogen-bond donors (Lipinski definition) is 3. The molecule has 172 valence electrons. The average molecular weight is 449 g/mol. The number of nitrogens with one attached hydrogen (secondary N) is 1. The van der Waals surface area contributed by atoms with Gasteiger partial charge in [0.25, 0.3) is 0 Å². The Morgan fingerprint density at radius 2 is 1.91 bits per heavy atom. The minimum atomic E-state index is -0.789. The molecule has 0 bridgehead atoms. The first-order valence-electron chi connectivity index (χ1n) is 10.7. The third-order valence-electron chi connectivity index (χ3n) is 5.51. The molecule has 1 saturated heterocycles. The molecule has 0 saturated carbocycles. The molecule has 0 spiro atoms. The van der Waals surface area contributed by atoms with E-state index in [0.29, 0.717) is 6.54 Å². The molecule has 1 fully saturated rings. The lowest BCUT2D eigenvalue weighted by Crippen LogP contribution is -2.46. The zero-order valence-electron chi connectivity index (χ0n) is 18.7. The van der Waals surface area contributed by atoms with Crippen molar-refractivity contribution in [2.75, 3.05) is 11.9 Å². The minimum absolute atomic E-state index is 0.143. The number of nitrogens with zero attached hydrogens (tertiary/aromatic N) is 3. The number of pyridine rings is 1. The number of carbonyl (C=O) groups is 3. The Morgan fingerprint density at radius 3 is 2.58 bits per heavy atom. The number of hydrogen-bond acceptors (Lipinski definition) is 6. The second-order valence-electron chi connectivity index (χ2n) is 8.20. The lowest BCUT2D eigenvalue weighted by molar-refractivity contribution is -0.146. The molecule has 9 heteroatoms. The summed E-state index contributed by atoms with van der Waals surface area (Å²) in [4.78, 5) is 47.0. The van der Waals surface area contributed by atoms with Gasteiger partial charge in [0.2, 0.25) is 5.91 Å². The topological polar surface area (TPSA) is 144 Å². The zero-order chi connectivity index (χ0) is 24.0. The number of carbonyl (C=O) groups excluding carboxylic acids is 3. The third-order valence-corrected chi connectivity index (χ3v) is 5.51. The van der Waals surface area contributed by atoms with Gasteiger partial charge >= 0.3 is 11.8 Å². The van der Waals surface area contributed by atoms with Crippen molar-refractivity contribution < 1.29 is 14.4 Å². The second-order valence-corrected chi connectivity index (χ2v) is 8.20. The zero-order valence-corrected chi connectivity index (χ0v) is 18.7. The van der Waals surface area contributed by atoms with E-state index >= 15 is 0 Å². The lowest BCUT2D eigenvalue weighted by Gasteiger charge is -2.38. The maximum Gasteiger partial charge on any atom is 0.313 e. The van der Waals surface area contributed by atoms with Crippen molar-refractivity contribution in [2.45, 2.75) is 32.7 Å². The third kappa shape index (κ3) is 6.03. The van der Waals surface area contributed by atoms with Gasteiger partial charge in [0.1, 0.15) is 0 Å². The Hall–Kier alpha value is -4.01. The van der Waals surface area contributed by atoms with E-state index in [-0.39, 0.29) is 23.2 Å². The summed E-state index contributed by atoms with van der Waals surface area (Å²) in [5.74, 6) is -1.82. The monoisotopic (exact) mass is 448 g/mol. The van der Waals surface area contributed by atoms with Gasteiger partial charge in [-0.05, 0) is 61.2 Å². The van der Waals surface area contributed by atoms with E-state index < -0.39 is 17.7 Å². The number of likely N-dealkylation sites (tertiary alicyclic amines) is 1. The molecule has 0 unspecified atom stereocenters. The van der Waals surface area contributed by atoms with E-state index in [1.54, 1.807) is 11.1 Å². The quantitative estimate of drug-likeness (QED) is 0.476. The highest BCUT2D eigenvalue weighted by atomic mass is 16.2. The van der Waals surface area contributed by atoms with Gasteiger partial charge in [-0.1, -0.05) is 19.1 Å². The first kappa shape index (κ1) is 23.6. The molecule has 3 amide bonds. The summed E-state index contributed by atoms with van der Waals surface area (Å²) >= 11 is 0. The Labute approximate surface area is 192 Å². The van der Waals surface area contributed by atoms with E-state index in [0.717, 1.165) is 29.7 Å². The molecule has 9 nitrogen and oxygen atoms in total. The summed E-state index contributed by atoms with van der Waals surface area (Å²) in [5, 5.41) is 2.53. The van der Waals surface area contributed by atoms with Crippen molar-refractivity contribution in [1.29, 1.82) is 0 Å². The van der Waals surface area contributed by atoms with Crippen LogP contribution in [0.4, 0.5) is 11.4 Å². The first-order valence-corrected chi connectivity index (χ1v) is 10.7. The number of amides is 3. The van der Waals surface area contributed by atoms with Crippen molar-refractivity contribution in [1.82, 2.24) is 9.88 Å². The van der Waals surface area contributed by atoms with Gasteiger partial charge in [0, 0.05) is 19.0 Å². The summed E-state index contributed by atoms with van der Waals surface area (Å²) in [6, 6.07) is 8.76. The molecule has 5 N–H and O–H groups in total. The molecule has 0 aliphatic carbocycles. The normalized spacial score (nSPS) is 18.8. The van der Waals surface area contributed by atoms with Crippen molar-refractivity contribution in [3.63, 3.8) is 0 Å². The highest BCUT2D eigenvalue weighted by Crippen LogP contribution is 2.34. The van der Waals surface area contributed by atoms with Crippen LogP contribution in [0.15, 0.2) is 59.5 Å². The van der Waals surface area contributed by atoms with Gasteiger partial charge in [-0.2, -0.15) is 0 Å². The fraction of sp³-hybridized carbons (Fsp3) is 0.292. The summed E-state index contributed by atoms with van der Waals surface area (Å²) in [6.45, 7) is 4.38. The van der Waals surface area contributed by atoms with Crippen LogP contribution >= 0.6 is 0 Å². The fourth-order valence-corrected chi connectivity index (χ4v) is 3.68. The Kier molecular flexibility index (Phi) is 7.55. The van der Waals surface area contributed by atoms with Crippen LogP contribution in [0.2, 0.25) is 0 Å². The van der Waals surface area contributed by atoms with Crippen LogP contribution in [-0.2, 0) is 9.59 Å². The number of benzene rings is 1. The van der Waals surface area contributed by atoms with Gasteiger partial charge in [-0.15, -0.1) is 0 Å². The smallest absolute Gasteiger partial charge is 0.313 e. The number of primary amides is 1. The van der Waals surface area contributed by atoms with E-state index in [2.05, 4.69) is 22.2 Å². The van der Waals surface area contributed by atoms with Crippen LogP contribution in [0, 0.1) is 5.92 Å².